The average molecular weight is 320 g/mol. The molecule has 0 aliphatic heterocycles. The van der Waals surface area contributed by atoms with E-state index < -0.39 is 17.7 Å². The number of thioether (sulfide) groups is 1. The molecule has 0 bridgehead atoms. The lowest BCUT2D eigenvalue weighted by Gasteiger charge is -2.30. The molecule has 0 aromatic carbocycles. The van der Waals surface area contributed by atoms with Crippen molar-refractivity contribution in [3.05, 3.63) is 0 Å². The van der Waals surface area contributed by atoms with Gasteiger partial charge in [0.1, 0.15) is 18.3 Å². The second kappa shape index (κ2) is 9.14. The summed E-state index contributed by atoms with van der Waals surface area (Å²) < 4.78 is 0. The SMILES string of the molecule is C=O.CC(CSC1CC(=O)CC1O)C(N)(O)CCC(N)=O. The zero-order valence-corrected chi connectivity index (χ0v) is 13.0. The molecule has 1 aliphatic carbocycles. The molecule has 4 unspecified atom stereocenters. The van der Waals surface area contributed by atoms with Crippen molar-refractivity contribution in [1.82, 2.24) is 0 Å². The summed E-state index contributed by atoms with van der Waals surface area (Å²) in [5.74, 6) is -0.185. The molecule has 6 N–H and O–H groups in total. The highest BCUT2D eigenvalue weighted by Gasteiger charge is 2.34. The number of carbonyl (C=O) groups is 3. The van der Waals surface area contributed by atoms with E-state index in [1.54, 1.807) is 6.92 Å². The molecule has 1 rings (SSSR count). The summed E-state index contributed by atoms with van der Waals surface area (Å²) in [5.41, 5.74) is 9.32. The van der Waals surface area contributed by atoms with Gasteiger partial charge in [0.15, 0.2) is 0 Å². The zero-order valence-electron chi connectivity index (χ0n) is 12.2. The summed E-state index contributed by atoms with van der Waals surface area (Å²) in [7, 11) is 0. The van der Waals surface area contributed by atoms with E-state index in [9.17, 15) is 19.8 Å². The van der Waals surface area contributed by atoms with Crippen LogP contribution in [0.25, 0.3) is 0 Å². The van der Waals surface area contributed by atoms with E-state index in [2.05, 4.69) is 0 Å². The topological polar surface area (TPSA) is 144 Å². The standard InChI is InChI=1S/C12H22N2O4S.CH2O/c1-7(12(14,18)3-2-11(13)17)6-19-10-5-8(15)4-9(10)16;1-2/h7,9-10,16,18H,2-6,14H2,1H3,(H2,13,17);1H2. The highest BCUT2D eigenvalue weighted by Crippen LogP contribution is 2.31. The predicted octanol–water partition coefficient (Wildman–Crippen LogP) is -0.824. The van der Waals surface area contributed by atoms with Crippen LogP contribution in [-0.4, -0.2) is 51.5 Å². The Morgan fingerprint density at radius 3 is 2.52 bits per heavy atom. The number of amides is 1. The molecular weight excluding hydrogens is 296 g/mol. The van der Waals surface area contributed by atoms with Gasteiger partial charge in [-0.1, -0.05) is 6.92 Å². The molecule has 1 amide bonds. The normalized spacial score (nSPS) is 25.6. The smallest absolute Gasteiger partial charge is 0.217 e. The number of primary amides is 1. The molecule has 0 aromatic heterocycles. The number of hydrogen-bond acceptors (Lipinski definition) is 7. The molecule has 21 heavy (non-hydrogen) atoms. The molecule has 7 nitrogen and oxygen atoms in total. The third-order valence-corrected chi connectivity index (χ3v) is 5.08. The van der Waals surface area contributed by atoms with Crippen molar-refractivity contribution in [2.75, 3.05) is 5.75 Å². The minimum absolute atomic E-state index is 0.0343. The Morgan fingerprint density at radius 1 is 1.52 bits per heavy atom. The van der Waals surface area contributed by atoms with Gasteiger partial charge in [-0.3, -0.25) is 9.59 Å². The lowest BCUT2D eigenvalue weighted by molar-refractivity contribution is -0.120. The first-order valence-electron chi connectivity index (χ1n) is 6.62. The van der Waals surface area contributed by atoms with Crippen LogP contribution in [0.15, 0.2) is 0 Å². The number of aliphatic hydroxyl groups excluding tert-OH is 1. The maximum Gasteiger partial charge on any atom is 0.217 e. The predicted molar refractivity (Wildman–Crippen MR) is 80.3 cm³/mol. The fourth-order valence-electron chi connectivity index (χ4n) is 1.96. The van der Waals surface area contributed by atoms with Crippen molar-refractivity contribution < 1.29 is 24.6 Å². The largest absolute Gasteiger partial charge is 0.392 e. The van der Waals surface area contributed by atoms with Crippen LogP contribution in [-0.2, 0) is 14.4 Å². The summed E-state index contributed by atoms with van der Waals surface area (Å²) in [5, 5.41) is 19.6. The summed E-state index contributed by atoms with van der Waals surface area (Å²) >= 11 is 1.44. The first-order chi connectivity index (χ1) is 9.72. The Labute approximate surface area is 128 Å². The first kappa shape index (κ1) is 20.0. The van der Waals surface area contributed by atoms with Crippen LogP contribution in [0.1, 0.15) is 32.6 Å². The van der Waals surface area contributed by atoms with Gasteiger partial charge in [0.05, 0.1) is 6.10 Å². The fourth-order valence-corrected chi connectivity index (χ4v) is 3.41. The molecule has 0 spiro atoms. The quantitative estimate of drug-likeness (QED) is 0.448. The van der Waals surface area contributed by atoms with Crippen molar-refractivity contribution in [1.29, 1.82) is 0 Å². The van der Waals surface area contributed by atoms with E-state index in [4.69, 9.17) is 16.3 Å². The Hall–Kier alpha value is -0.960. The van der Waals surface area contributed by atoms with Crippen LogP contribution in [0.5, 0.6) is 0 Å². The van der Waals surface area contributed by atoms with Gasteiger partial charge in [-0.15, -0.1) is 0 Å². The van der Waals surface area contributed by atoms with E-state index in [-0.39, 0.29) is 36.2 Å². The van der Waals surface area contributed by atoms with Gasteiger partial charge in [0.25, 0.3) is 0 Å². The maximum atomic E-state index is 11.2. The van der Waals surface area contributed by atoms with Gasteiger partial charge in [-0.05, 0) is 6.42 Å². The Kier molecular flexibility index (Phi) is 8.72. The third kappa shape index (κ3) is 7.03. The molecule has 0 radical (unpaired) electrons. The van der Waals surface area contributed by atoms with Gasteiger partial charge >= 0.3 is 0 Å². The van der Waals surface area contributed by atoms with Crippen LogP contribution < -0.4 is 11.5 Å². The molecule has 1 fully saturated rings. The van der Waals surface area contributed by atoms with Crippen LogP contribution >= 0.6 is 11.8 Å². The van der Waals surface area contributed by atoms with Crippen molar-refractivity contribution in [2.24, 2.45) is 17.4 Å². The molecule has 4 atom stereocenters. The van der Waals surface area contributed by atoms with E-state index in [1.807, 2.05) is 6.79 Å². The second-order valence-electron chi connectivity index (χ2n) is 5.24. The van der Waals surface area contributed by atoms with Crippen LogP contribution in [0.3, 0.4) is 0 Å². The number of hydrogen-bond donors (Lipinski definition) is 4. The number of carbonyl (C=O) groups excluding carboxylic acids is 3. The number of nitrogens with two attached hydrogens (primary N) is 2. The van der Waals surface area contributed by atoms with E-state index in [1.165, 1.54) is 11.8 Å². The molecule has 122 valence electrons. The Bertz CT molecular complexity index is 364. The summed E-state index contributed by atoms with van der Waals surface area (Å²) in [6, 6.07) is 0. The molecule has 0 heterocycles. The Balaban J connectivity index is 0.00000191. The Morgan fingerprint density at radius 2 is 2.10 bits per heavy atom. The zero-order chi connectivity index (χ0) is 16.6. The van der Waals surface area contributed by atoms with Crippen LogP contribution in [0.2, 0.25) is 0 Å². The lowest BCUT2D eigenvalue weighted by atomic mass is 9.95. The van der Waals surface area contributed by atoms with Crippen LogP contribution in [0, 0.1) is 5.92 Å². The fraction of sp³-hybridized carbons (Fsp3) is 0.769. The highest BCUT2D eigenvalue weighted by atomic mass is 32.2. The molecule has 8 heteroatoms. The van der Waals surface area contributed by atoms with Gasteiger partial charge in [-0.25, -0.2) is 0 Å². The van der Waals surface area contributed by atoms with Crippen molar-refractivity contribution in [3.8, 4) is 0 Å². The summed E-state index contributed by atoms with van der Waals surface area (Å²) in [6.45, 7) is 3.77. The number of rotatable bonds is 7. The molecule has 0 aromatic rings. The maximum absolute atomic E-state index is 11.2. The number of aliphatic hydroxyl groups is 2. The van der Waals surface area contributed by atoms with Gasteiger partial charge in [0.2, 0.25) is 5.91 Å². The van der Waals surface area contributed by atoms with E-state index in [0.717, 1.165) is 0 Å². The van der Waals surface area contributed by atoms with Gasteiger partial charge in [-0.2, -0.15) is 11.8 Å². The van der Waals surface area contributed by atoms with Crippen molar-refractivity contribution in [3.63, 3.8) is 0 Å². The minimum Gasteiger partial charge on any atom is -0.392 e. The molecule has 1 saturated carbocycles. The van der Waals surface area contributed by atoms with Crippen LogP contribution in [0.4, 0.5) is 0 Å². The van der Waals surface area contributed by atoms with Crippen molar-refractivity contribution in [2.45, 2.75) is 49.7 Å². The monoisotopic (exact) mass is 320 g/mol. The first-order valence-corrected chi connectivity index (χ1v) is 7.67. The van der Waals surface area contributed by atoms with Gasteiger partial charge < -0.3 is 26.5 Å². The average Bonchev–Trinajstić information content (AvgIpc) is 2.74. The molecular formula is C13H24N2O5S. The number of Topliss-reactive ketones (excluding diaryl/α,β-unsaturated/α-hetero) is 1. The number of ketones is 1. The lowest BCUT2D eigenvalue weighted by Crippen LogP contribution is -2.47. The second-order valence-corrected chi connectivity index (χ2v) is 6.52. The van der Waals surface area contributed by atoms with E-state index in [0.29, 0.717) is 12.2 Å². The van der Waals surface area contributed by atoms with E-state index >= 15 is 0 Å². The molecule has 1 aliphatic rings. The van der Waals surface area contributed by atoms with Gasteiger partial charge in [0, 0.05) is 36.2 Å². The van der Waals surface area contributed by atoms with Crippen molar-refractivity contribution >= 4 is 30.2 Å². The third-order valence-electron chi connectivity index (χ3n) is 3.48. The summed E-state index contributed by atoms with van der Waals surface area (Å²) in [6.07, 6.45) is 0.104. The summed E-state index contributed by atoms with van der Waals surface area (Å²) in [4.78, 5) is 29.9. The minimum atomic E-state index is -1.46. The molecule has 0 saturated heterocycles. The highest BCUT2D eigenvalue weighted by molar-refractivity contribution is 8.00.